The number of ether oxygens (including phenoxy) is 1. The van der Waals surface area contributed by atoms with Crippen molar-refractivity contribution in [3.05, 3.63) is 24.3 Å². The number of anilines is 1. The number of benzene rings is 1. The SMILES string of the molecule is CCC(C)N1CCN(C(=O)Nc2ccccc2OC)CC1. The van der Waals surface area contributed by atoms with Crippen LogP contribution in [0.1, 0.15) is 20.3 Å². The normalized spacial score (nSPS) is 17.4. The van der Waals surface area contributed by atoms with Gasteiger partial charge in [0.1, 0.15) is 5.75 Å². The highest BCUT2D eigenvalue weighted by molar-refractivity contribution is 5.91. The number of nitrogens with one attached hydrogen (secondary N) is 1. The zero-order valence-corrected chi connectivity index (χ0v) is 13.1. The minimum Gasteiger partial charge on any atom is -0.495 e. The smallest absolute Gasteiger partial charge is 0.322 e. The van der Waals surface area contributed by atoms with Crippen LogP contribution in [0.15, 0.2) is 24.3 Å². The van der Waals surface area contributed by atoms with Crippen LogP contribution < -0.4 is 10.1 Å². The number of urea groups is 1. The van der Waals surface area contributed by atoms with Gasteiger partial charge in [-0.1, -0.05) is 19.1 Å². The molecule has 1 atom stereocenters. The third-order valence-electron chi connectivity index (χ3n) is 4.16. The van der Waals surface area contributed by atoms with E-state index in [0.717, 1.165) is 32.6 Å². The second kappa shape index (κ2) is 7.31. The summed E-state index contributed by atoms with van der Waals surface area (Å²) in [6.07, 6.45) is 1.15. The van der Waals surface area contributed by atoms with E-state index in [2.05, 4.69) is 24.1 Å². The van der Waals surface area contributed by atoms with Crippen LogP contribution in [0.25, 0.3) is 0 Å². The number of para-hydroxylation sites is 2. The molecule has 0 bridgehead atoms. The van der Waals surface area contributed by atoms with Crippen LogP contribution in [-0.4, -0.2) is 55.2 Å². The number of methoxy groups -OCH3 is 1. The number of hydrogen-bond acceptors (Lipinski definition) is 3. The van der Waals surface area contributed by atoms with Gasteiger partial charge in [-0.2, -0.15) is 0 Å². The first-order valence-corrected chi connectivity index (χ1v) is 7.58. The topological polar surface area (TPSA) is 44.8 Å². The zero-order valence-electron chi connectivity index (χ0n) is 13.1. The molecular formula is C16H25N3O2. The summed E-state index contributed by atoms with van der Waals surface area (Å²) in [6.45, 7) is 7.86. The molecule has 5 heteroatoms. The molecule has 1 aliphatic rings. The molecule has 2 amide bonds. The summed E-state index contributed by atoms with van der Waals surface area (Å²) in [5, 5.41) is 2.93. The van der Waals surface area contributed by atoms with E-state index < -0.39 is 0 Å². The van der Waals surface area contributed by atoms with Gasteiger partial charge in [-0.25, -0.2) is 4.79 Å². The molecular weight excluding hydrogens is 266 g/mol. The number of nitrogens with zero attached hydrogens (tertiary/aromatic N) is 2. The summed E-state index contributed by atoms with van der Waals surface area (Å²) < 4.78 is 5.26. The van der Waals surface area contributed by atoms with Crippen LogP contribution in [-0.2, 0) is 0 Å². The molecule has 1 unspecified atom stereocenters. The van der Waals surface area contributed by atoms with E-state index >= 15 is 0 Å². The highest BCUT2D eigenvalue weighted by Gasteiger charge is 2.23. The van der Waals surface area contributed by atoms with Gasteiger partial charge in [0.25, 0.3) is 0 Å². The Morgan fingerprint density at radius 2 is 1.95 bits per heavy atom. The van der Waals surface area contributed by atoms with E-state index in [-0.39, 0.29) is 6.03 Å². The first-order valence-electron chi connectivity index (χ1n) is 7.58. The third kappa shape index (κ3) is 3.88. The third-order valence-corrected chi connectivity index (χ3v) is 4.16. The molecule has 21 heavy (non-hydrogen) atoms. The molecule has 116 valence electrons. The second-order valence-electron chi connectivity index (χ2n) is 5.41. The van der Waals surface area contributed by atoms with E-state index in [9.17, 15) is 4.79 Å². The fourth-order valence-corrected chi connectivity index (χ4v) is 2.57. The summed E-state index contributed by atoms with van der Waals surface area (Å²) in [5.74, 6) is 0.684. The predicted molar refractivity (Wildman–Crippen MR) is 84.9 cm³/mol. The van der Waals surface area contributed by atoms with Crippen molar-refractivity contribution in [2.24, 2.45) is 0 Å². The first-order chi connectivity index (χ1) is 10.2. The molecule has 1 N–H and O–H groups in total. The summed E-state index contributed by atoms with van der Waals surface area (Å²) >= 11 is 0. The van der Waals surface area contributed by atoms with E-state index in [1.165, 1.54) is 0 Å². The molecule has 1 aromatic carbocycles. The number of piperazine rings is 1. The minimum atomic E-state index is -0.0525. The number of hydrogen-bond donors (Lipinski definition) is 1. The molecule has 1 aliphatic heterocycles. The van der Waals surface area contributed by atoms with E-state index in [4.69, 9.17) is 4.74 Å². The maximum absolute atomic E-state index is 12.3. The van der Waals surface area contributed by atoms with Crippen molar-refractivity contribution >= 4 is 11.7 Å². The highest BCUT2D eigenvalue weighted by Crippen LogP contribution is 2.23. The van der Waals surface area contributed by atoms with Crippen molar-refractivity contribution < 1.29 is 9.53 Å². The molecule has 0 aromatic heterocycles. The molecule has 0 spiro atoms. The van der Waals surface area contributed by atoms with Crippen LogP contribution in [0.3, 0.4) is 0 Å². The van der Waals surface area contributed by atoms with Crippen molar-refractivity contribution in [1.82, 2.24) is 9.80 Å². The van der Waals surface area contributed by atoms with Gasteiger partial charge in [-0.05, 0) is 25.5 Å². The molecule has 0 aliphatic carbocycles. The van der Waals surface area contributed by atoms with Crippen molar-refractivity contribution in [3.8, 4) is 5.75 Å². The lowest BCUT2D eigenvalue weighted by Crippen LogP contribution is -2.52. The fourth-order valence-electron chi connectivity index (χ4n) is 2.57. The largest absolute Gasteiger partial charge is 0.495 e. The average molecular weight is 291 g/mol. The fraction of sp³-hybridized carbons (Fsp3) is 0.562. The Bertz CT molecular complexity index is 470. The quantitative estimate of drug-likeness (QED) is 0.927. The molecule has 1 fully saturated rings. The molecule has 2 rings (SSSR count). The van der Waals surface area contributed by atoms with Gasteiger partial charge in [0.2, 0.25) is 0 Å². The monoisotopic (exact) mass is 291 g/mol. The number of carbonyl (C=O) groups is 1. The molecule has 1 saturated heterocycles. The van der Waals surface area contributed by atoms with Crippen LogP contribution in [0.2, 0.25) is 0 Å². The maximum atomic E-state index is 12.3. The summed E-state index contributed by atoms with van der Waals surface area (Å²) in [6, 6.07) is 8.01. The lowest BCUT2D eigenvalue weighted by atomic mass is 10.2. The van der Waals surface area contributed by atoms with Gasteiger partial charge in [0, 0.05) is 32.2 Å². The van der Waals surface area contributed by atoms with Crippen LogP contribution in [0.4, 0.5) is 10.5 Å². The van der Waals surface area contributed by atoms with Crippen LogP contribution in [0.5, 0.6) is 5.75 Å². The molecule has 1 heterocycles. The Balaban J connectivity index is 1.90. The van der Waals surface area contributed by atoms with Crippen LogP contribution in [0, 0.1) is 0 Å². The van der Waals surface area contributed by atoms with Crippen molar-refractivity contribution in [2.75, 3.05) is 38.6 Å². The number of amides is 2. The molecule has 0 radical (unpaired) electrons. The second-order valence-corrected chi connectivity index (χ2v) is 5.41. The summed E-state index contributed by atoms with van der Waals surface area (Å²) in [5.41, 5.74) is 0.717. The van der Waals surface area contributed by atoms with Gasteiger partial charge >= 0.3 is 6.03 Å². The van der Waals surface area contributed by atoms with Gasteiger partial charge < -0.3 is 15.0 Å². The highest BCUT2D eigenvalue weighted by atomic mass is 16.5. The molecule has 1 aromatic rings. The first kappa shape index (κ1) is 15.6. The van der Waals surface area contributed by atoms with Gasteiger partial charge in [-0.3, -0.25) is 4.90 Å². The Morgan fingerprint density at radius 3 is 2.57 bits per heavy atom. The van der Waals surface area contributed by atoms with Gasteiger partial charge in [0.15, 0.2) is 0 Å². The lowest BCUT2D eigenvalue weighted by molar-refractivity contribution is 0.117. The van der Waals surface area contributed by atoms with E-state index in [1.807, 2.05) is 29.2 Å². The Hall–Kier alpha value is -1.75. The van der Waals surface area contributed by atoms with Crippen molar-refractivity contribution in [3.63, 3.8) is 0 Å². The van der Waals surface area contributed by atoms with E-state index in [1.54, 1.807) is 7.11 Å². The number of rotatable bonds is 4. The summed E-state index contributed by atoms with van der Waals surface area (Å²) in [7, 11) is 1.61. The Morgan fingerprint density at radius 1 is 1.29 bits per heavy atom. The van der Waals surface area contributed by atoms with Crippen molar-refractivity contribution in [1.29, 1.82) is 0 Å². The van der Waals surface area contributed by atoms with E-state index in [0.29, 0.717) is 17.5 Å². The molecule has 0 saturated carbocycles. The molecule has 5 nitrogen and oxygen atoms in total. The summed E-state index contributed by atoms with van der Waals surface area (Å²) in [4.78, 5) is 16.6. The van der Waals surface area contributed by atoms with Gasteiger partial charge in [-0.15, -0.1) is 0 Å². The number of carbonyl (C=O) groups excluding carboxylic acids is 1. The van der Waals surface area contributed by atoms with Gasteiger partial charge in [0.05, 0.1) is 12.8 Å². The predicted octanol–water partition coefficient (Wildman–Crippen LogP) is 2.64. The zero-order chi connectivity index (χ0) is 15.2. The Kier molecular flexibility index (Phi) is 5.44. The van der Waals surface area contributed by atoms with Crippen molar-refractivity contribution in [2.45, 2.75) is 26.3 Å². The standard InChI is InChI=1S/C16H25N3O2/c1-4-13(2)18-9-11-19(12-10-18)16(20)17-14-7-5-6-8-15(14)21-3/h5-8,13H,4,9-12H2,1-3H3,(H,17,20). The minimum absolute atomic E-state index is 0.0525. The van der Waals surface area contributed by atoms with Crippen LogP contribution >= 0.6 is 0 Å². The lowest BCUT2D eigenvalue weighted by Gasteiger charge is -2.37. The Labute approximate surface area is 126 Å². The average Bonchev–Trinajstić information content (AvgIpc) is 2.54. The maximum Gasteiger partial charge on any atom is 0.322 e.